The lowest BCUT2D eigenvalue weighted by atomic mass is 10.3. The van der Waals surface area contributed by atoms with E-state index in [2.05, 4.69) is 6.58 Å². The molecule has 0 aliphatic carbocycles. The molecule has 0 spiro atoms. The smallest absolute Gasteiger partial charge is 0.330 e. The van der Waals surface area contributed by atoms with Gasteiger partial charge in [0.05, 0.1) is 0 Å². The van der Waals surface area contributed by atoms with Gasteiger partial charge in [-0.25, -0.2) is 4.79 Å². The van der Waals surface area contributed by atoms with Crippen molar-refractivity contribution in [2.24, 2.45) is 5.73 Å². The van der Waals surface area contributed by atoms with Gasteiger partial charge in [-0.05, 0) is 32.0 Å². The summed E-state index contributed by atoms with van der Waals surface area (Å²) in [5.74, 6) is -0.613. The van der Waals surface area contributed by atoms with Gasteiger partial charge in [0.2, 0.25) is 0 Å². The molecule has 0 unspecified atom stereocenters. The van der Waals surface area contributed by atoms with Crippen LogP contribution in [0.15, 0.2) is 42.5 Å². The summed E-state index contributed by atoms with van der Waals surface area (Å²) >= 11 is 0. The summed E-state index contributed by atoms with van der Waals surface area (Å²) in [5.41, 5.74) is 5.15. The van der Waals surface area contributed by atoms with E-state index in [1.165, 1.54) is 6.92 Å². The first kappa shape index (κ1) is 18.5. The summed E-state index contributed by atoms with van der Waals surface area (Å²) in [6.07, 6.45) is 0.722. The number of para-hydroxylation sites is 1. The summed E-state index contributed by atoms with van der Waals surface area (Å²) < 4.78 is 0. The molecule has 5 N–H and O–H groups in total. The third-order valence-corrected chi connectivity index (χ3v) is 1.48. The lowest BCUT2D eigenvalue weighted by Crippen LogP contribution is -1.99. The van der Waals surface area contributed by atoms with Gasteiger partial charge in [0, 0.05) is 12.2 Å². The van der Waals surface area contributed by atoms with E-state index in [1.807, 2.05) is 6.07 Å². The van der Waals surface area contributed by atoms with Crippen LogP contribution in [-0.4, -0.2) is 34.4 Å². The van der Waals surface area contributed by atoms with Crippen LogP contribution in [-0.2, 0) is 4.79 Å². The summed E-state index contributed by atoms with van der Waals surface area (Å²) in [6, 6.07) is 8.71. The van der Waals surface area contributed by atoms with E-state index in [-0.39, 0.29) is 12.2 Å². The van der Waals surface area contributed by atoms with Gasteiger partial charge in [0.15, 0.2) is 0 Å². The second-order valence-electron chi connectivity index (χ2n) is 3.29. The number of phenolic OH excluding ortho intramolecular Hbond substituents is 1. The van der Waals surface area contributed by atoms with Crippen molar-refractivity contribution in [3.63, 3.8) is 0 Å². The zero-order valence-corrected chi connectivity index (χ0v) is 10.5. The number of aliphatic carboxylic acids is 1. The van der Waals surface area contributed by atoms with Gasteiger partial charge in [-0.15, -0.1) is 0 Å². The van der Waals surface area contributed by atoms with E-state index >= 15 is 0 Å². The summed E-state index contributed by atoms with van der Waals surface area (Å²) in [7, 11) is 0. The van der Waals surface area contributed by atoms with Crippen LogP contribution in [0.5, 0.6) is 5.75 Å². The van der Waals surface area contributed by atoms with E-state index in [0.29, 0.717) is 12.3 Å². The summed E-state index contributed by atoms with van der Waals surface area (Å²) in [4.78, 5) is 9.60. The zero-order chi connectivity index (χ0) is 14.4. The Morgan fingerprint density at radius 1 is 1.33 bits per heavy atom. The minimum absolute atomic E-state index is 0.176. The highest BCUT2D eigenvalue weighted by atomic mass is 16.4. The molecule has 0 heterocycles. The number of aliphatic hydroxyl groups excluding tert-OH is 1. The molecule has 1 aromatic carbocycles. The Morgan fingerprint density at radius 2 is 1.78 bits per heavy atom. The molecule has 1 aromatic rings. The normalized spacial score (nSPS) is 8.17. The van der Waals surface area contributed by atoms with Crippen LogP contribution in [0.2, 0.25) is 0 Å². The SMILES string of the molecule is C=C(C)C(=O)O.NCCCO.Oc1ccccc1. The average molecular weight is 255 g/mol. The zero-order valence-electron chi connectivity index (χ0n) is 10.5. The Morgan fingerprint density at radius 3 is 1.89 bits per heavy atom. The number of nitrogens with two attached hydrogens (primary N) is 1. The lowest BCUT2D eigenvalue weighted by molar-refractivity contribution is -0.132. The molecule has 0 bridgehead atoms. The Kier molecular flexibility index (Phi) is 13.6. The van der Waals surface area contributed by atoms with Crippen LogP contribution in [0.3, 0.4) is 0 Å². The minimum Gasteiger partial charge on any atom is -0.508 e. The molecule has 5 nitrogen and oxygen atoms in total. The molecule has 0 aliphatic rings. The predicted octanol–water partition coefficient (Wildman–Crippen LogP) is 1.37. The first-order chi connectivity index (χ1) is 8.45. The van der Waals surface area contributed by atoms with Gasteiger partial charge in [0.1, 0.15) is 5.75 Å². The Balaban J connectivity index is 0. The van der Waals surface area contributed by atoms with E-state index in [0.717, 1.165) is 6.42 Å². The number of phenols is 1. The fourth-order valence-corrected chi connectivity index (χ4v) is 0.519. The maximum absolute atomic E-state index is 9.60. The van der Waals surface area contributed by atoms with Gasteiger partial charge in [-0.3, -0.25) is 0 Å². The molecule has 0 saturated carbocycles. The second-order valence-corrected chi connectivity index (χ2v) is 3.29. The first-order valence-corrected chi connectivity index (χ1v) is 5.39. The number of carbonyl (C=O) groups is 1. The molecular formula is C13H21NO4. The van der Waals surface area contributed by atoms with Crippen molar-refractivity contribution in [1.82, 2.24) is 0 Å². The highest BCUT2D eigenvalue weighted by Crippen LogP contribution is 2.02. The molecule has 0 fully saturated rings. The van der Waals surface area contributed by atoms with Gasteiger partial charge in [-0.1, -0.05) is 24.8 Å². The monoisotopic (exact) mass is 255 g/mol. The molecule has 0 aliphatic heterocycles. The van der Waals surface area contributed by atoms with Crippen LogP contribution < -0.4 is 5.73 Å². The fourth-order valence-electron chi connectivity index (χ4n) is 0.519. The summed E-state index contributed by atoms with van der Waals surface area (Å²) in [5, 5.41) is 24.5. The molecule has 0 radical (unpaired) electrons. The highest BCUT2D eigenvalue weighted by molar-refractivity contribution is 5.84. The number of hydrogen-bond acceptors (Lipinski definition) is 4. The number of rotatable bonds is 3. The Hall–Kier alpha value is -1.85. The maximum Gasteiger partial charge on any atom is 0.330 e. The molecule has 5 heteroatoms. The largest absolute Gasteiger partial charge is 0.508 e. The minimum atomic E-state index is -0.935. The predicted molar refractivity (Wildman–Crippen MR) is 71.3 cm³/mol. The van der Waals surface area contributed by atoms with E-state index in [4.69, 9.17) is 21.1 Å². The van der Waals surface area contributed by atoms with Crippen LogP contribution in [0.25, 0.3) is 0 Å². The van der Waals surface area contributed by atoms with E-state index < -0.39 is 5.97 Å². The average Bonchev–Trinajstić information content (AvgIpc) is 2.32. The van der Waals surface area contributed by atoms with Crippen molar-refractivity contribution in [2.45, 2.75) is 13.3 Å². The van der Waals surface area contributed by atoms with Crippen molar-refractivity contribution in [3.05, 3.63) is 42.5 Å². The van der Waals surface area contributed by atoms with Crippen molar-refractivity contribution in [3.8, 4) is 5.75 Å². The number of carboxylic acids is 1. The fraction of sp³-hybridized carbons (Fsp3) is 0.308. The molecule has 18 heavy (non-hydrogen) atoms. The summed E-state index contributed by atoms with van der Waals surface area (Å²) in [6.45, 7) is 5.41. The molecule has 1 rings (SSSR count). The van der Waals surface area contributed by atoms with E-state index in [9.17, 15) is 4.79 Å². The number of aromatic hydroxyl groups is 1. The van der Waals surface area contributed by atoms with Gasteiger partial charge >= 0.3 is 5.97 Å². The van der Waals surface area contributed by atoms with Crippen LogP contribution >= 0.6 is 0 Å². The van der Waals surface area contributed by atoms with E-state index in [1.54, 1.807) is 24.3 Å². The molecular weight excluding hydrogens is 234 g/mol. The molecule has 0 aromatic heterocycles. The second kappa shape index (κ2) is 13.2. The molecule has 102 valence electrons. The van der Waals surface area contributed by atoms with Crippen LogP contribution in [0.1, 0.15) is 13.3 Å². The number of carboxylic acid groups (broad SMARTS) is 1. The molecule has 0 atom stereocenters. The lowest BCUT2D eigenvalue weighted by Gasteiger charge is -1.82. The number of aliphatic hydroxyl groups is 1. The highest BCUT2D eigenvalue weighted by Gasteiger charge is 1.90. The van der Waals surface area contributed by atoms with Crippen molar-refractivity contribution < 1.29 is 20.1 Å². The number of benzene rings is 1. The van der Waals surface area contributed by atoms with Gasteiger partial charge in [-0.2, -0.15) is 0 Å². The van der Waals surface area contributed by atoms with Crippen molar-refractivity contribution in [2.75, 3.05) is 13.2 Å². The molecule has 0 saturated heterocycles. The third kappa shape index (κ3) is 16.6. The quantitative estimate of drug-likeness (QED) is 0.611. The van der Waals surface area contributed by atoms with Crippen LogP contribution in [0.4, 0.5) is 0 Å². The molecule has 0 amide bonds. The van der Waals surface area contributed by atoms with Crippen LogP contribution in [0, 0.1) is 0 Å². The van der Waals surface area contributed by atoms with Crippen molar-refractivity contribution >= 4 is 5.97 Å². The Bertz CT molecular complexity index is 311. The number of hydrogen-bond donors (Lipinski definition) is 4. The maximum atomic E-state index is 9.60. The topological polar surface area (TPSA) is 104 Å². The van der Waals surface area contributed by atoms with Gasteiger partial charge in [0.25, 0.3) is 0 Å². The first-order valence-electron chi connectivity index (χ1n) is 5.39. The van der Waals surface area contributed by atoms with Gasteiger partial charge < -0.3 is 21.1 Å². The Labute approximate surface area is 107 Å². The standard InChI is InChI=1S/C6H6O.C4H6O2.C3H9NO/c7-6-4-2-1-3-5-6;1-3(2)4(5)6;4-2-1-3-5/h1-5,7H;1H2,2H3,(H,5,6);5H,1-4H2. The third-order valence-electron chi connectivity index (χ3n) is 1.48. The van der Waals surface area contributed by atoms with Crippen molar-refractivity contribution in [1.29, 1.82) is 0 Å².